The fourth-order valence-corrected chi connectivity index (χ4v) is 0.681. The van der Waals surface area contributed by atoms with Gasteiger partial charge in [0.15, 0.2) is 0 Å². The van der Waals surface area contributed by atoms with Crippen LogP contribution in [0.25, 0.3) is 0 Å². The van der Waals surface area contributed by atoms with Gasteiger partial charge in [0.25, 0.3) is 0 Å². The lowest BCUT2D eigenvalue weighted by Gasteiger charge is -2.14. The highest BCUT2D eigenvalue weighted by Crippen LogP contribution is 2.04. The van der Waals surface area contributed by atoms with Gasteiger partial charge < -0.3 is 11.1 Å². The minimum Gasteiger partial charge on any atom is -0.324 e. The third kappa shape index (κ3) is 3.64. The minimum absolute atomic E-state index is 0.121. The fraction of sp³-hybridized carbons (Fsp3) is 0.750. The van der Waals surface area contributed by atoms with E-state index in [1.165, 1.54) is 0 Å². The summed E-state index contributed by atoms with van der Waals surface area (Å²) in [6.07, 6.45) is 0.966. The van der Waals surface area contributed by atoms with E-state index in [-0.39, 0.29) is 6.04 Å². The summed E-state index contributed by atoms with van der Waals surface area (Å²) >= 11 is 0. The van der Waals surface area contributed by atoms with E-state index in [9.17, 15) is 0 Å². The van der Waals surface area contributed by atoms with Crippen molar-refractivity contribution in [1.82, 2.24) is 5.32 Å². The molecule has 2 unspecified atom stereocenters. The van der Waals surface area contributed by atoms with Gasteiger partial charge in [-0.05, 0) is 27.3 Å². The van der Waals surface area contributed by atoms with Crippen molar-refractivity contribution in [1.29, 1.82) is 0 Å². The van der Waals surface area contributed by atoms with Crippen molar-refractivity contribution in [2.75, 3.05) is 7.05 Å². The largest absolute Gasteiger partial charge is 0.324 e. The highest BCUT2D eigenvalue weighted by Gasteiger charge is 2.04. The molecule has 10 heavy (non-hydrogen) atoms. The highest BCUT2D eigenvalue weighted by atomic mass is 14.8. The molecule has 0 aliphatic carbocycles. The van der Waals surface area contributed by atoms with Gasteiger partial charge in [0, 0.05) is 12.1 Å². The average molecular weight is 142 g/mol. The van der Waals surface area contributed by atoms with Crippen LogP contribution in [0.15, 0.2) is 12.2 Å². The molecule has 2 heteroatoms. The summed E-state index contributed by atoms with van der Waals surface area (Å²) in [6.45, 7) is 7.96. The van der Waals surface area contributed by atoms with Crippen molar-refractivity contribution in [3.8, 4) is 0 Å². The summed E-state index contributed by atoms with van der Waals surface area (Å²) in [6, 6.07) is 0.606. The summed E-state index contributed by atoms with van der Waals surface area (Å²) in [7, 11) is 1.94. The molecule has 0 saturated carbocycles. The molecule has 0 amide bonds. The van der Waals surface area contributed by atoms with E-state index in [2.05, 4.69) is 18.8 Å². The molecule has 0 spiro atoms. The molecular formula is C8H18N2. The van der Waals surface area contributed by atoms with E-state index in [0.717, 1.165) is 12.0 Å². The van der Waals surface area contributed by atoms with Crippen LogP contribution in [0.5, 0.6) is 0 Å². The first-order chi connectivity index (χ1) is 4.57. The molecule has 2 nitrogen and oxygen atoms in total. The van der Waals surface area contributed by atoms with Gasteiger partial charge in [0.05, 0.1) is 0 Å². The van der Waals surface area contributed by atoms with Gasteiger partial charge in [0.1, 0.15) is 0 Å². The normalized spacial score (nSPS) is 16.4. The van der Waals surface area contributed by atoms with Gasteiger partial charge in [-0.1, -0.05) is 12.2 Å². The molecule has 0 saturated heterocycles. The van der Waals surface area contributed by atoms with Gasteiger partial charge in [-0.15, -0.1) is 0 Å². The van der Waals surface area contributed by atoms with Crippen molar-refractivity contribution >= 4 is 0 Å². The zero-order valence-electron chi connectivity index (χ0n) is 7.15. The third-order valence-electron chi connectivity index (χ3n) is 1.71. The summed E-state index contributed by atoms with van der Waals surface area (Å²) < 4.78 is 0. The molecular weight excluding hydrogens is 124 g/mol. The van der Waals surface area contributed by atoms with Crippen LogP contribution in [-0.2, 0) is 0 Å². The van der Waals surface area contributed by atoms with Crippen LogP contribution in [0.2, 0.25) is 0 Å². The molecule has 0 aromatic heterocycles. The molecule has 0 aliphatic rings. The summed E-state index contributed by atoms with van der Waals surface area (Å²) in [5.41, 5.74) is 6.72. The Bertz CT molecular complexity index is 108. The molecule has 0 aliphatic heterocycles. The molecule has 3 N–H and O–H groups in total. The second kappa shape index (κ2) is 4.47. The van der Waals surface area contributed by atoms with E-state index in [4.69, 9.17) is 5.73 Å². The Morgan fingerprint density at radius 1 is 1.60 bits per heavy atom. The van der Waals surface area contributed by atoms with Crippen LogP contribution in [0.1, 0.15) is 20.3 Å². The zero-order chi connectivity index (χ0) is 8.15. The maximum atomic E-state index is 5.61. The van der Waals surface area contributed by atoms with Gasteiger partial charge in [-0.2, -0.15) is 0 Å². The first-order valence-electron chi connectivity index (χ1n) is 3.68. The van der Waals surface area contributed by atoms with Crippen molar-refractivity contribution in [3.63, 3.8) is 0 Å². The van der Waals surface area contributed by atoms with Gasteiger partial charge in [-0.25, -0.2) is 0 Å². The number of hydrogen-bond donors (Lipinski definition) is 2. The standard InChI is InChI=1S/C8H18N2/c1-6(8(3)9)5-7(2)10-4/h7-8,10H,1,5,9H2,2-4H3. The van der Waals surface area contributed by atoms with E-state index < -0.39 is 0 Å². The SMILES string of the molecule is C=C(CC(C)NC)C(C)N. The Morgan fingerprint density at radius 3 is 2.40 bits per heavy atom. The predicted molar refractivity (Wildman–Crippen MR) is 45.9 cm³/mol. The van der Waals surface area contributed by atoms with Gasteiger partial charge in [-0.3, -0.25) is 0 Å². The quantitative estimate of drug-likeness (QED) is 0.572. The van der Waals surface area contributed by atoms with Crippen molar-refractivity contribution in [2.45, 2.75) is 32.4 Å². The van der Waals surface area contributed by atoms with Crippen LogP contribution in [0.3, 0.4) is 0 Å². The molecule has 0 aromatic rings. The molecule has 0 heterocycles. The van der Waals surface area contributed by atoms with E-state index in [1.807, 2.05) is 14.0 Å². The second-order valence-corrected chi connectivity index (χ2v) is 2.84. The lowest BCUT2D eigenvalue weighted by molar-refractivity contribution is 0.586. The highest BCUT2D eigenvalue weighted by molar-refractivity contribution is 5.03. The zero-order valence-corrected chi connectivity index (χ0v) is 7.15. The molecule has 60 valence electrons. The van der Waals surface area contributed by atoms with Crippen LogP contribution < -0.4 is 11.1 Å². The summed E-state index contributed by atoms with van der Waals surface area (Å²) in [5, 5.41) is 3.13. The van der Waals surface area contributed by atoms with E-state index in [1.54, 1.807) is 0 Å². The summed E-state index contributed by atoms with van der Waals surface area (Å²) in [4.78, 5) is 0. The number of nitrogens with two attached hydrogens (primary N) is 1. The second-order valence-electron chi connectivity index (χ2n) is 2.84. The third-order valence-corrected chi connectivity index (χ3v) is 1.71. The Morgan fingerprint density at radius 2 is 2.10 bits per heavy atom. The molecule has 0 fully saturated rings. The Balaban J connectivity index is 3.57. The molecule has 0 bridgehead atoms. The Kier molecular flexibility index (Phi) is 4.32. The molecule has 2 atom stereocenters. The first kappa shape index (κ1) is 9.66. The lowest BCUT2D eigenvalue weighted by Crippen LogP contribution is -2.26. The van der Waals surface area contributed by atoms with Gasteiger partial charge >= 0.3 is 0 Å². The van der Waals surface area contributed by atoms with Crippen LogP contribution in [0.4, 0.5) is 0 Å². The Hall–Kier alpha value is -0.340. The number of rotatable bonds is 4. The van der Waals surface area contributed by atoms with E-state index in [0.29, 0.717) is 6.04 Å². The average Bonchev–Trinajstić information content (AvgIpc) is 1.87. The molecule has 0 radical (unpaired) electrons. The predicted octanol–water partition coefficient (Wildman–Crippen LogP) is 0.888. The monoisotopic (exact) mass is 142 g/mol. The number of nitrogens with one attached hydrogen (secondary N) is 1. The minimum atomic E-state index is 0.121. The molecule has 0 rings (SSSR count). The maximum Gasteiger partial charge on any atom is 0.0222 e. The van der Waals surface area contributed by atoms with Crippen molar-refractivity contribution in [2.24, 2.45) is 5.73 Å². The van der Waals surface area contributed by atoms with E-state index >= 15 is 0 Å². The Labute approximate surface area is 63.5 Å². The lowest BCUT2D eigenvalue weighted by atomic mass is 10.0. The summed E-state index contributed by atoms with van der Waals surface area (Å²) in [5.74, 6) is 0. The topological polar surface area (TPSA) is 38.0 Å². The fourth-order valence-electron chi connectivity index (χ4n) is 0.681. The maximum absolute atomic E-state index is 5.61. The van der Waals surface area contributed by atoms with Crippen LogP contribution in [-0.4, -0.2) is 19.1 Å². The van der Waals surface area contributed by atoms with Gasteiger partial charge in [0.2, 0.25) is 0 Å². The van der Waals surface area contributed by atoms with Crippen molar-refractivity contribution < 1.29 is 0 Å². The smallest absolute Gasteiger partial charge is 0.0222 e. The van der Waals surface area contributed by atoms with Crippen molar-refractivity contribution in [3.05, 3.63) is 12.2 Å². The first-order valence-corrected chi connectivity index (χ1v) is 3.68. The number of hydrogen-bond acceptors (Lipinski definition) is 2. The molecule has 0 aromatic carbocycles. The van der Waals surface area contributed by atoms with Crippen LogP contribution >= 0.6 is 0 Å². The van der Waals surface area contributed by atoms with Crippen LogP contribution in [0, 0.1) is 0 Å².